The minimum Gasteiger partial charge on any atom is -0.384 e. The van der Waals surface area contributed by atoms with Gasteiger partial charge in [-0.25, -0.2) is 8.78 Å². The first kappa shape index (κ1) is 12.2. The molecular formula is C16H15F2N. The van der Waals surface area contributed by atoms with E-state index in [1.54, 1.807) is 6.92 Å². The lowest BCUT2D eigenvalue weighted by atomic mass is 9.87. The van der Waals surface area contributed by atoms with Crippen molar-refractivity contribution in [2.75, 3.05) is 11.9 Å². The van der Waals surface area contributed by atoms with Crippen LogP contribution < -0.4 is 5.32 Å². The Hall–Kier alpha value is -1.90. The Labute approximate surface area is 111 Å². The fourth-order valence-corrected chi connectivity index (χ4v) is 2.70. The molecule has 98 valence electrons. The number of anilines is 1. The minimum absolute atomic E-state index is 0.158. The number of halogens is 2. The van der Waals surface area contributed by atoms with Crippen LogP contribution in [-0.2, 0) is 6.42 Å². The standard InChI is InChI=1S/C16H15F2N/c1-10-6-7-13(17)15(16(10)18)12-8-11-4-2-3-5-14(11)19-9-12/h2-7,12,19H,8-9H2,1H3. The molecule has 1 unspecified atom stereocenters. The maximum atomic E-state index is 14.2. The van der Waals surface area contributed by atoms with E-state index < -0.39 is 11.6 Å². The quantitative estimate of drug-likeness (QED) is 0.815. The molecule has 0 aromatic heterocycles. The van der Waals surface area contributed by atoms with E-state index in [1.165, 1.54) is 12.1 Å². The van der Waals surface area contributed by atoms with Gasteiger partial charge in [-0.1, -0.05) is 24.3 Å². The van der Waals surface area contributed by atoms with E-state index in [0.29, 0.717) is 18.5 Å². The highest BCUT2D eigenvalue weighted by molar-refractivity contribution is 5.54. The molecule has 0 aliphatic carbocycles. The van der Waals surface area contributed by atoms with Gasteiger partial charge in [-0.05, 0) is 36.6 Å². The number of rotatable bonds is 1. The fraction of sp³-hybridized carbons (Fsp3) is 0.250. The number of hydrogen-bond donors (Lipinski definition) is 1. The summed E-state index contributed by atoms with van der Waals surface area (Å²) in [5.41, 5.74) is 2.88. The van der Waals surface area contributed by atoms with Crippen LogP contribution in [0.25, 0.3) is 0 Å². The molecule has 3 rings (SSSR count). The second-order valence-corrected chi connectivity index (χ2v) is 5.03. The van der Waals surface area contributed by atoms with Crippen molar-refractivity contribution >= 4 is 5.69 Å². The van der Waals surface area contributed by atoms with Gasteiger partial charge in [0, 0.05) is 23.7 Å². The molecule has 3 heteroatoms. The molecule has 0 radical (unpaired) electrons. The minimum atomic E-state index is -0.450. The van der Waals surface area contributed by atoms with Gasteiger partial charge in [-0.3, -0.25) is 0 Å². The van der Waals surface area contributed by atoms with Crippen LogP contribution >= 0.6 is 0 Å². The SMILES string of the molecule is Cc1ccc(F)c(C2CNc3ccccc3C2)c1F. The number of nitrogens with one attached hydrogen (secondary N) is 1. The summed E-state index contributed by atoms with van der Waals surface area (Å²) < 4.78 is 28.1. The Balaban J connectivity index is 2.00. The lowest BCUT2D eigenvalue weighted by Gasteiger charge is -2.27. The van der Waals surface area contributed by atoms with Gasteiger partial charge in [-0.15, -0.1) is 0 Å². The zero-order valence-corrected chi connectivity index (χ0v) is 10.7. The van der Waals surface area contributed by atoms with Crippen molar-refractivity contribution in [3.05, 3.63) is 64.7 Å². The Morgan fingerprint density at radius 3 is 2.74 bits per heavy atom. The maximum absolute atomic E-state index is 14.2. The molecule has 2 aromatic rings. The largest absolute Gasteiger partial charge is 0.384 e. The lowest BCUT2D eigenvalue weighted by molar-refractivity contribution is 0.517. The van der Waals surface area contributed by atoms with Crippen LogP contribution in [0.5, 0.6) is 0 Å². The van der Waals surface area contributed by atoms with Gasteiger partial charge in [0.05, 0.1) is 0 Å². The summed E-state index contributed by atoms with van der Waals surface area (Å²) in [6.07, 6.45) is 0.667. The summed E-state index contributed by atoms with van der Waals surface area (Å²) in [7, 11) is 0. The van der Waals surface area contributed by atoms with E-state index >= 15 is 0 Å². The molecular weight excluding hydrogens is 244 g/mol. The lowest BCUT2D eigenvalue weighted by Crippen LogP contribution is -2.23. The smallest absolute Gasteiger partial charge is 0.132 e. The zero-order chi connectivity index (χ0) is 13.4. The van der Waals surface area contributed by atoms with E-state index in [0.717, 1.165) is 11.3 Å². The third-order valence-corrected chi connectivity index (χ3v) is 3.75. The van der Waals surface area contributed by atoms with Gasteiger partial charge in [-0.2, -0.15) is 0 Å². The second kappa shape index (κ2) is 4.65. The molecule has 2 aromatic carbocycles. The van der Waals surface area contributed by atoms with Crippen LogP contribution in [0.2, 0.25) is 0 Å². The average molecular weight is 259 g/mol. The van der Waals surface area contributed by atoms with Crippen molar-refractivity contribution in [2.45, 2.75) is 19.3 Å². The highest BCUT2D eigenvalue weighted by atomic mass is 19.1. The van der Waals surface area contributed by atoms with E-state index in [9.17, 15) is 8.78 Å². The number of benzene rings is 2. The van der Waals surface area contributed by atoms with Crippen LogP contribution in [0.4, 0.5) is 14.5 Å². The third kappa shape index (κ3) is 2.09. The van der Waals surface area contributed by atoms with E-state index in [1.807, 2.05) is 24.3 Å². The van der Waals surface area contributed by atoms with E-state index in [2.05, 4.69) is 5.32 Å². The Morgan fingerprint density at radius 2 is 1.89 bits per heavy atom. The van der Waals surface area contributed by atoms with Crippen molar-refractivity contribution in [1.29, 1.82) is 0 Å². The third-order valence-electron chi connectivity index (χ3n) is 3.75. The van der Waals surface area contributed by atoms with Crippen molar-refractivity contribution in [2.24, 2.45) is 0 Å². The summed E-state index contributed by atoms with van der Waals surface area (Å²) in [5, 5.41) is 3.25. The number of para-hydroxylation sites is 1. The summed E-state index contributed by atoms with van der Waals surface area (Å²) in [5.74, 6) is -1.02. The maximum Gasteiger partial charge on any atom is 0.132 e. The van der Waals surface area contributed by atoms with E-state index in [4.69, 9.17) is 0 Å². The molecule has 1 heterocycles. The number of fused-ring (bicyclic) bond motifs is 1. The topological polar surface area (TPSA) is 12.0 Å². The monoisotopic (exact) mass is 259 g/mol. The molecule has 1 aliphatic heterocycles. The zero-order valence-electron chi connectivity index (χ0n) is 10.7. The molecule has 0 spiro atoms. The van der Waals surface area contributed by atoms with Gasteiger partial charge < -0.3 is 5.32 Å². The van der Waals surface area contributed by atoms with Crippen molar-refractivity contribution in [3.63, 3.8) is 0 Å². The molecule has 0 fully saturated rings. The van der Waals surface area contributed by atoms with Gasteiger partial charge in [0.15, 0.2) is 0 Å². The molecule has 0 saturated heterocycles. The Kier molecular flexibility index (Phi) is 2.97. The van der Waals surface area contributed by atoms with Gasteiger partial charge in [0.25, 0.3) is 0 Å². The van der Waals surface area contributed by atoms with Gasteiger partial charge in [0.2, 0.25) is 0 Å². The number of aryl methyl sites for hydroxylation is 1. The summed E-state index contributed by atoms with van der Waals surface area (Å²) >= 11 is 0. The predicted octanol–water partition coefficient (Wildman–Crippen LogP) is 4.03. The first-order valence-corrected chi connectivity index (χ1v) is 6.43. The molecule has 1 N–H and O–H groups in total. The molecule has 1 atom stereocenters. The number of hydrogen-bond acceptors (Lipinski definition) is 1. The molecule has 0 saturated carbocycles. The summed E-state index contributed by atoms with van der Waals surface area (Å²) in [6.45, 7) is 2.23. The molecule has 19 heavy (non-hydrogen) atoms. The Bertz CT molecular complexity index is 622. The molecule has 0 bridgehead atoms. The van der Waals surface area contributed by atoms with E-state index in [-0.39, 0.29) is 11.5 Å². The highest BCUT2D eigenvalue weighted by Gasteiger charge is 2.25. The molecule has 1 nitrogen and oxygen atoms in total. The van der Waals surface area contributed by atoms with Gasteiger partial charge >= 0.3 is 0 Å². The predicted molar refractivity (Wildman–Crippen MR) is 72.5 cm³/mol. The van der Waals surface area contributed by atoms with Crippen molar-refractivity contribution in [3.8, 4) is 0 Å². The first-order valence-electron chi connectivity index (χ1n) is 6.43. The van der Waals surface area contributed by atoms with Crippen LogP contribution in [0.3, 0.4) is 0 Å². The molecule has 1 aliphatic rings. The molecule has 0 amide bonds. The van der Waals surface area contributed by atoms with Gasteiger partial charge in [0.1, 0.15) is 11.6 Å². The van der Waals surface area contributed by atoms with Crippen LogP contribution in [-0.4, -0.2) is 6.54 Å². The highest BCUT2D eigenvalue weighted by Crippen LogP contribution is 2.33. The normalized spacial score (nSPS) is 17.7. The van der Waals surface area contributed by atoms with Crippen LogP contribution in [0.1, 0.15) is 22.6 Å². The van der Waals surface area contributed by atoms with Crippen LogP contribution in [0.15, 0.2) is 36.4 Å². The second-order valence-electron chi connectivity index (χ2n) is 5.03. The summed E-state index contributed by atoms with van der Waals surface area (Å²) in [4.78, 5) is 0. The van der Waals surface area contributed by atoms with Crippen LogP contribution in [0, 0.1) is 18.6 Å². The van der Waals surface area contributed by atoms with Crippen molar-refractivity contribution in [1.82, 2.24) is 0 Å². The summed E-state index contributed by atoms with van der Waals surface area (Å²) in [6, 6.07) is 10.7. The first-order chi connectivity index (χ1) is 9.16. The fourth-order valence-electron chi connectivity index (χ4n) is 2.70. The average Bonchev–Trinajstić information content (AvgIpc) is 2.43. The Morgan fingerprint density at radius 1 is 1.11 bits per heavy atom. The van der Waals surface area contributed by atoms with Crippen molar-refractivity contribution < 1.29 is 8.78 Å².